The number of hydrogen-bond acceptors (Lipinski definition) is 6. The molecule has 2 aliphatic rings. The first-order chi connectivity index (χ1) is 12.2. The first-order valence-electron chi connectivity index (χ1n) is 9.42. The highest BCUT2D eigenvalue weighted by molar-refractivity contribution is 5.93. The van der Waals surface area contributed by atoms with E-state index >= 15 is 0 Å². The normalized spacial score (nSPS) is 18.7. The van der Waals surface area contributed by atoms with Crippen LogP contribution < -0.4 is 5.32 Å². The molecule has 0 atom stereocenters. The third-order valence-electron chi connectivity index (χ3n) is 5.20. The van der Waals surface area contributed by atoms with Gasteiger partial charge < -0.3 is 15.0 Å². The summed E-state index contributed by atoms with van der Waals surface area (Å²) in [5.41, 5.74) is 1.41. The summed E-state index contributed by atoms with van der Waals surface area (Å²) in [6, 6.07) is 0.353. The van der Waals surface area contributed by atoms with E-state index in [1.165, 1.54) is 0 Å². The number of nitrogens with one attached hydrogen (secondary N) is 1. The topological polar surface area (TPSA) is 75.5 Å². The maximum Gasteiger partial charge on any atom is 0.276 e. The summed E-state index contributed by atoms with van der Waals surface area (Å²) in [5, 5.41) is 11.9. The van der Waals surface area contributed by atoms with Gasteiger partial charge >= 0.3 is 0 Å². The predicted octanol–water partition coefficient (Wildman–Crippen LogP) is 1.15. The summed E-state index contributed by atoms with van der Waals surface area (Å²) in [5.74, 6) is 0.0159. The maximum absolute atomic E-state index is 12.8. The van der Waals surface area contributed by atoms with Crippen LogP contribution in [0.25, 0.3) is 0 Å². The highest BCUT2D eigenvalue weighted by Gasteiger charge is 2.28. The van der Waals surface area contributed by atoms with Crippen molar-refractivity contribution in [3.8, 4) is 0 Å². The first kappa shape index (κ1) is 24.1. The van der Waals surface area contributed by atoms with Crippen LogP contribution in [-0.4, -0.2) is 89.7 Å². The Morgan fingerprint density at radius 1 is 1.19 bits per heavy atom. The van der Waals surface area contributed by atoms with E-state index in [2.05, 4.69) is 20.5 Å². The highest BCUT2D eigenvalue weighted by Crippen LogP contribution is 2.21. The number of carbonyl (C=O) groups excluding carboxylic acids is 1. The molecule has 0 unspecified atom stereocenters. The summed E-state index contributed by atoms with van der Waals surface area (Å²) < 4.78 is 7.36. The number of nitrogens with zero attached hydrogens (tertiary/aromatic N) is 5. The van der Waals surface area contributed by atoms with E-state index < -0.39 is 0 Å². The Bertz CT molecular complexity index is 572. The molecule has 156 valence electrons. The van der Waals surface area contributed by atoms with E-state index in [9.17, 15) is 4.79 Å². The molecular formula is C17H32Cl2N6O2. The van der Waals surface area contributed by atoms with Gasteiger partial charge in [0.2, 0.25) is 0 Å². The van der Waals surface area contributed by atoms with Crippen molar-refractivity contribution in [2.24, 2.45) is 0 Å². The molecule has 1 aromatic heterocycles. The standard InChI is InChI=1S/C17H30N6O2.2ClH/c1-3-25-13-12-21-8-10-22(11-9-21)17(24)16-14(2)23(20-19-16)15-4-6-18-7-5-15;;/h15,18H,3-13H2,1-2H3;2*1H. The summed E-state index contributed by atoms with van der Waals surface area (Å²) in [6.07, 6.45) is 2.08. The molecule has 2 saturated heterocycles. The van der Waals surface area contributed by atoms with Gasteiger partial charge in [0.05, 0.1) is 18.3 Å². The molecule has 8 nitrogen and oxygen atoms in total. The van der Waals surface area contributed by atoms with Gasteiger partial charge in [-0.05, 0) is 39.8 Å². The predicted molar refractivity (Wildman–Crippen MR) is 109 cm³/mol. The maximum atomic E-state index is 12.8. The zero-order chi connectivity index (χ0) is 17.6. The molecular weight excluding hydrogens is 391 g/mol. The lowest BCUT2D eigenvalue weighted by Gasteiger charge is -2.34. The lowest BCUT2D eigenvalue weighted by Crippen LogP contribution is -2.49. The van der Waals surface area contributed by atoms with Crippen LogP contribution in [0.3, 0.4) is 0 Å². The fraction of sp³-hybridized carbons (Fsp3) is 0.824. The Balaban J connectivity index is 0.00000182. The number of halogens is 2. The molecule has 2 aliphatic heterocycles. The Labute approximate surface area is 173 Å². The second-order valence-electron chi connectivity index (χ2n) is 6.78. The number of aromatic nitrogens is 3. The monoisotopic (exact) mass is 422 g/mol. The van der Waals surface area contributed by atoms with E-state index in [4.69, 9.17) is 4.74 Å². The lowest BCUT2D eigenvalue weighted by atomic mass is 10.1. The Hall–Kier alpha value is -0.930. The van der Waals surface area contributed by atoms with E-state index in [0.29, 0.717) is 11.7 Å². The van der Waals surface area contributed by atoms with Gasteiger partial charge in [-0.3, -0.25) is 9.69 Å². The van der Waals surface area contributed by atoms with E-state index in [-0.39, 0.29) is 30.7 Å². The van der Waals surface area contributed by atoms with Crippen molar-refractivity contribution in [3.05, 3.63) is 11.4 Å². The fourth-order valence-electron chi connectivity index (χ4n) is 3.60. The van der Waals surface area contributed by atoms with Gasteiger partial charge in [0.1, 0.15) is 0 Å². The van der Waals surface area contributed by atoms with Gasteiger partial charge in [0, 0.05) is 39.3 Å². The molecule has 1 amide bonds. The van der Waals surface area contributed by atoms with Crippen molar-refractivity contribution in [1.29, 1.82) is 0 Å². The van der Waals surface area contributed by atoms with Crippen LogP contribution in [0.4, 0.5) is 0 Å². The van der Waals surface area contributed by atoms with Crippen molar-refractivity contribution in [2.75, 3.05) is 59.0 Å². The quantitative estimate of drug-likeness (QED) is 0.692. The SMILES string of the molecule is CCOCCN1CCN(C(=O)c2nnn(C3CCNCC3)c2C)CC1.Cl.Cl. The molecule has 2 fully saturated rings. The number of piperazine rings is 1. The zero-order valence-electron chi connectivity index (χ0n) is 16.2. The summed E-state index contributed by atoms with van der Waals surface area (Å²) in [6.45, 7) is 11.7. The zero-order valence-corrected chi connectivity index (χ0v) is 17.9. The second-order valence-corrected chi connectivity index (χ2v) is 6.78. The van der Waals surface area contributed by atoms with Gasteiger partial charge in [0.15, 0.2) is 5.69 Å². The summed E-state index contributed by atoms with van der Waals surface area (Å²) in [4.78, 5) is 17.1. The van der Waals surface area contributed by atoms with E-state index in [1.807, 2.05) is 23.4 Å². The van der Waals surface area contributed by atoms with Crippen LogP contribution in [0.5, 0.6) is 0 Å². The van der Waals surface area contributed by atoms with Gasteiger partial charge in [-0.1, -0.05) is 5.21 Å². The number of piperidine rings is 1. The molecule has 0 aliphatic carbocycles. The third-order valence-corrected chi connectivity index (χ3v) is 5.20. The first-order valence-corrected chi connectivity index (χ1v) is 9.42. The van der Waals surface area contributed by atoms with Crippen LogP contribution in [0.2, 0.25) is 0 Å². The fourth-order valence-corrected chi connectivity index (χ4v) is 3.60. The van der Waals surface area contributed by atoms with Crippen LogP contribution in [0, 0.1) is 6.92 Å². The minimum atomic E-state index is 0. The Morgan fingerprint density at radius 3 is 2.48 bits per heavy atom. The number of amides is 1. The number of ether oxygens (including phenoxy) is 1. The van der Waals surface area contributed by atoms with Gasteiger partial charge in [0.25, 0.3) is 5.91 Å². The highest BCUT2D eigenvalue weighted by atomic mass is 35.5. The van der Waals surface area contributed by atoms with E-state index in [1.54, 1.807) is 0 Å². The molecule has 3 heterocycles. The van der Waals surface area contributed by atoms with Gasteiger partial charge in [-0.25, -0.2) is 4.68 Å². The van der Waals surface area contributed by atoms with Crippen LogP contribution in [0.1, 0.15) is 42.0 Å². The number of rotatable bonds is 6. The number of hydrogen-bond donors (Lipinski definition) is 1. The van der Waals surface area contributed by atoms with Gasteiger partial charge in [-0.15, -0.1) is 29.9 Å². The lowest BCUT2D eigenvalue weighted by molar-refractivity contribution is 0.0559. The molecule has 0 aromatic carbocycles. The van der Waals surface area contributed by atoms with Crippen molar-refractivity contribution in [1.82, 2.24) is 30.1 Å². The largest absolute Gasteiger partial charge is 0.380 e. The van der Waals surface area contributed by atoms with E-state index in [0.717, 1.165) is 77.6 Å². The minimum Gasteiger partial charge on any atom is -0.380 e. The van der Waals surface area contributed by atoms with Crippen molar-refractivity contribution < 1.29 is 9.53 Å². The third kappa shape index (κ3) is 6.02. The Morgan fingerprint density at radius 2 is 1.85 bits per heavy atom. The van der Waals surface area contributed by atoms with Gasteiger partial charge in [-0.2, -0.15) is 0 Å². The molecule has 3 rings (SSSR count). The van der Waals surface area contributed by atoms with Crippen LogP contribution in [-0.2, 0) is 4.74 Å². The average Bonchev–Trinajstić information content (AvgIpc) is 3.04. The molecule has 0 radical (unpaired) electrons. The van der Waals surface area contributed by atoms with Crippen molar-refractivity contribution >= 4 is 30.7 Å². The molecule has 0 spiro atoms. The molecule has 1 N–H and O–H groups in total. The molecule has 10 heteroatoms. The number of carbonyl (C=O) groups is 1. The summed E-state index contributed by atoms with van der Waals surface area (Å²) >= 11 is 0. The van der Waals surface area contributed by atoms with Crippen LogP contribution >= 0.6 is 24.8 Å². The van der Waals surface area contributed by atoms with Crippen molar-refractivity contribution in [2.45, 2.75) is 32.7 Å². The molecule has 0 bridgehead atoms. The average molecular weight is 423 g/mol. The molecule has 0 saturated carbocycles. The second kappa shape index (κ2) is 11.8. The minimum absolute atomic E-state index is 0. The smallest absolute Gasteiger partial charge is 0.276 e. The Kier molecular flexibility index (Phi) is 10.5. The molecule has 1 aromatic rings. The molecule has 27 heavy (non-hydrogen) atoms. The van der Waals surface area contributed by atoms with Crippen LogP contribution in [0.15, 0.2) is 0 Å². The van der Waals surface area contributed by atoms with Crippen molar-refractivity contribution in [3.63, 3.8) is 0 Å². The summed E-state index contributed by atoms with van der Waals surface area (Å²) in [7, 11) is 0.